The maximum atomic E-state index is 4.40. The minimum Gasteiger partial charge on any atom is -0.265 e. The molecule has 9 rings (SSSR count). The zero-order chi connectivity index (χ0) is 43.5. The molecule has 0 aromatic carbocycles. The second kappa shape index (κ2) is 24.0. The molecule has 0 amide bonds. The van der Waals surface area contributed by atoms with Gasteiger partial charge < -0.3 is 0 Å². The van der Waals surface area contributed by atoms with E-state index in [9.17, 15) is 0 Å². The van der Waals surface area contributed by atoms with Gasteiger partial charge in [0, 0.05) is 94.2 Å². The first-order chi connectivity index (χ1) is 30.9. The molecule has 10 heteroatoms. The van der Waals surface area contributed by atoms with Crippen molar-refractivity contribution in [3.05, 3.63) is 234 Å². The number of aryl methyl sites for hydroxylation is 3. The Morgan fingerprint density at radius 2 is 0.453 bits per heavy atom. The first-order valence-corrected chi connectivity index (χ1v) is 20.4. The van der Waals surface area contributed by atoms with Crippen LogP contribution in [-0.2, 0) is 19.8 Å². The van der Waals surface area contributed by atoms with Crippen LogP contribution < -0.4 is 0 Å². The molecule has 0 radical (unpaired) electrons. The van der Waals surface area contributed by atoms with Crippen molar-refractivity contribution in [3.8, 4) is 34.2 Å². The van der Waals surface area contributed by atoms with Gasteiger partial charge in [-0.1, -0.05) is 36.5 Å². The Morgan fingerprint density at radius 3 is 0.703 bits per heavy atom. The van der Waals surface area contributed by atoms with Crippen molar-refractivity contribution in [3.63, 3.8) is 0 Å². The maximum Gasteiger partial charge on any atom is 0.0892 e. The third kappa shape index (κ3) is 14.4. The molecule has 0 unspecified atom stereocenters. The van der Waals surface area contributed by atoms with Crippen LogP contribution in [0.15, 0.2) is 184 Å². The van der Waals surface area contributed by atoms with E-state index in [1.807, 2.05) is 146 Å². The molecule has 9 aromatic rings. The molecule has 0 spiro atoms. The fourth-order valence-electron chi connectivity index (χ4n) is 6.10. The van der Waals surface area contributed by atoms with Crippen LogP contribution in [0.4, 0.5) is 0 Å². The second-order valence-corrected chi connectivity index (χ2v) is 14.4. The van der Waals surface area contributed by atoms with Gasteiger partial charge in [-0.25, -0.2) is 0 Å². The van der Waals surface area contributed by atoms with Crippen LogP contribution in [-0.4, -0.2) is 44.9 Å². The average Bonchev–Trinajstić information content (AvgIpc) is 3.34. The van der Waals surface area contributed by atoms with Gasteiger partial charge >= 0.3 is 0 Å². The van der Waals surface area contributed by atoms with Gasteiger partial charge in [0.15, 0.2) is 0 Å². The molecule has 0 bridgehead atoms. The van der Waals surface area contributed by atoms with E-state index >= 15 is 0 Å². The Morgan fingerprint density at radius 1 is 0.250 bits per heavy atom. The summed E-state index contributed by atoms with van der Waals surface area (Å²) < 4.78 is 0. The normalized spacial score (nSPS) is 10.7. The summed E-state index contributed by atoms with van der Waals surface area (Å²) in [7, 11) is 0. The molecule has 0 aliphatic rings. The van der Waals surface area contributed by atoms with Crippen molar-refractivity contribution in [2.75, 3.05) is 0 Å². The van der Waals surface area contributed by atoms with E-state index in [1.54, 1.807) is 37.2 Å². The van der Waals surface area contributed by atoms with E-state index in [4.69, 9.17) is 0 Å². The van der Waals surface area contributed by atoms with E-state index in [2.05, 4.69) is 102 Å². The maximum absolute atomic E-state index is 4.40. The Labute approximate surface area is 387 Å². The van der Waals surface area contributed by atoms with Crippen molar-refractivity contribution >= 4 is 36.5 Å². The molecule has 9 heterocycles. The van der Waals surface area contributed by atoms with Gasteiger partial charge in [0.05, 0.1) is 34.2 Å². The molecular weight excluding hydrogens is 965 g/mol. The third-order valence-electron chi connectivity index (χ3n) is 9.41. The van der Waals surface area contributed by atoms with Crippen molar-refractivity contribution < 1.29 is 19.8 Å². The van der Waals surface area contributed by atoms with Gasteiger partial charge in [0.1, 0.15) is 0 Å². The number of aromatic nitrogens is 9. The number of rotatable bonds is 9. The van der Waals surface area contributed by atoms with E-state index in [0.717, 1.165) is 67.5 Å². The summed E-state index contributed by atoms with van der Waals surface area (Å²) in [5.41, 5.74) is 15.5. The molecule has 9 aromatic heterocycles. The minimum atomic E-state index is 0. The molecule has 9 nitrogen and oxygen atoms in total. The standard InChI is InChI=1S/3C18H15N3.Os/c3*1-14-4-10-20-17(12-14)18-13-16(7-11-21-18)3-2-15-5-8-19-9-6-15;/h3*2-13H,1H3;/b3*3-2+;. The summed E-state index contributed by atoms with van der Waals surface area (Å²) in [6, 6.07) is 36.0. The summed E-state index contributed by atoms with van der Waals surface area (Å²) in [5, 5.41) is 0. The van der Waals surface area contributed by atoms with Crippen LogP contribution in [0.5, 0.6) is 0 Å². The zero-order valence-electron chi connectivity index (χ0n) is 35.7. The fraction of sp³-hybridized carbons (Fsp3) is 0.0556. The van der Waals surface area contributed by atoms with Crippen LogP contribution in [0, 0.1) is 20.8 Å². The zero-order valence-corrected chi connectivity index (χ0v) is 38.2. The molecule has 0 aliphatic heterocycles. The van der Waals surface area contributed by atoms with Gasteiger partial charge in [-0.05, 0) is 180 Å². The number of hydrogen-bond donors (Lipinski definition) is 0. The smallest absolute Gasteiger partial charge is 0.0892 e. The van der Waals surface area contributed by atoms with Gasteiger partial charge in [-0.3, -0.25) is 44.9 Å². The largest absolute Gasteiger partial charge is 0.265 e. The van der Waals surface area contributed by atoms with E-state index in [0.29, 0.717) is 0 Å². The van der Waals surface area contributed by atoms with Crippen LogP contribution >= 0.6 is 0 Å². The molecule has 64 heavy (non-hydrogen) atoms. The van der Waals surface area contributed by atoms with Crippen molar-refractivity contribution in [2.24, 2.45) is 0 Å². The number of hydrogen-bond acceptors (Lipinski definition) is 9. The molecule has 0 saturated carbocycles. The summed E-state index contributed by atoms with van der Waals surface area (Å²) in [5.74, 6) is 0. The molecule has 0 aliphatic carbocycles. The van der Waals surface area contributed by atoms with Crippen LogP contribution in [0.1, 0.15) is 50.1 Å². The van der Waals surface area contributed by atoms with Crippen LogP contribution in [0.3, 0.4) is 0 Å². The van der Waals surface area contributed by atoms with Crippen molar-refractivity contribution in [1.82, 2.24) is 44.9 Å². The Hall–Kier alpha value is -7.79. The molecular formula is C54H45N9Os. The predicted molar refractivity (Wildman–Crippen MR) is 256 cm³/mol. The topological polar surface area (TPSA) is 116 Å². The van der Waals surface area contributed by atoms with Crippen molar-refractivity contribution in [2.45, 2.75) is 20.8 Å². The SMILES string of the molecule is Cc1ccnc(-c2cc(/C=C/c3ccncc3)ccn2)c1.Cc1ccnc(-c2cc(/C=C/c3ccncc3)ccn2)c1.Cc1ccnc(-c2cc(/C=C/c3ccncc3)ccn2)c1.[Os]. The minimum absolute atomic E-state index is 0. The van der Waals surface area contributed by atoms with Gasteiger partial charge in [0.25, 0.3) is 0 Å². The summed E-state index contributed by atoms with van der Waals surface area (Å²) in [6.07, 6.45) is 34.0. The monoisotopic (exact) mass is 1010 g/mol. The van der Waals surface area contributed by atoms with Gasteiger partial charge in [0.2, 0.25) is 0 Å². The van der Waals surface area contributed by atoms with E-state index < -0.39 is 0 Å². The average molecular weight is 1010 g/mol. The van der Waals surface area contributed by atoms with Crippen LogP contribution in [0.2, 0.25) is 0 Å². The number of nitrogens with zero attached hydrogens (tertiary/aromatic N) is 9. The van der Waals surface area contributed by atoms with Crippen LogP contribution in [0.25, 0.3) is 70.6 Å². The molecule has 314 valence electrons. The van der Waals surface area contributed by atoms with Gasteiger partial charge in [-0.2, -0.15) is 0 Å². The summed E-state index contributed by atoms with van der Waals surface area (Å²) >= 11 is 0. The first kappa shape index (κ1) is 45.7. The summed E-state index contributed by atoms with van der Waals surface area (Å²) in [4.78, 5) is 38.4. The summed E-state index contributed by atoms with van der Waals surface area (Å²) in [6.45, 7) is 6.16. The first-order valence-electron chi connectivity index (χ1n) is 20.4. The van der Waals surface area contributed by atoms with Gasteiger partial charge in [-0.15, -0.1) is 0 Å². The third-order valence-corrected chi connectivity index (χ3v) is 9.41. The molecule has 0 N–H and O–H groups in total. The Bertz CT molecular complexity index is 2620. The molecule has 0 fully saturated rings. The predicted octanol–water partition coefficient (Wildman–Crippen LogP) is 12.0. The Balaban J connectivity index is 0.000000158. The molecule has 0 saturated heterocycles. The quantitative estimate of drug-likeness (QED) is 0.139. The number of pyridine rings is 9. The fourth-order valence-corrected chi connectivity index (χ4v) is 6.10. The van der Waals surface area contributed by atoms with E-state index in [1.165, 1.54) is 16.7 Å². The molecule has 0 atom stereocenters. The Kier molecular flexibility index (Phi) is 17.2. The van der Waals surface area contributed by atoms with E-state index in [-0.39, 0.29) is 19.8 Å². The van der Waals surface area contributed by atoms with Crippen molar-refractivity contribution in [1.29, 1.82) is 0 Å². The second-order valence-electron chi connectivity index (χ2n) is 14.4.